The van der Waals surface area contributed by atoms with Crippen molar-refractivity contribution in [2.75, 3.05) is 0 Å². The van der Waals surface area contributed by atoms with E-state index in [-0.39, 0.29) is 6.10 Å². The minimum absolute atomic E-state index is 0.0502. The summed E-state index contributed by atoms with van der Waals surface area (Å²) in [5, 5.41) is 9.67. The van der Waals surface area contributed by atoms with Gasteiger partial charge in [0.05, 0.1) is 6.10 Å². The number of benzene rings is 1. The highest BCUT2D eigenvalue weighted by atomic mass is 16.3. The highest BCUT2D eigenvalue weighted by molar-refractivity contribution is 5.15. The minimum Gasteiger partial charge on any atom is -0.393 e. The Hall–Kier alpha value is -0.820. The van der Waals surface area contributed by atoms with Crippen molar-refractivity contribution >= 4 is 0 Å². The van der Waals surface area contributed by atoms with Crippen molar-refractivity contribution in [2.24, 2.45) is 11.8 Å². The van der Waals surface area contributed by atoms with Crippen LogP contribution >= 0.6 is 0 Å². The van der Waals surface area contributed by atoms with E-state index in [1.807, 2.05) is 0 Å². The first-order valence-corrected chi connectivity index (χ1v) is 6.03. The number of hydrogen-bond acceptors (Lipinski definition) is 1. The number of rotatable bonds is 5. The summed E-state index contributed by atoms with van der Waals surface area (Å²) in [5.41, 5.74) is 1.43. The first kappa shape index (κ1) is 10.7. The first-order valence-electron chi connectivity index (χ1n) is 6.03. The molecule has 2 rings (SSSR count). The van der Waals surface area contributed by atoms with Crippen LogP contribution in [0.3, 0.4) is 0 Å². The summed E-state index contributed by atoms with van der Waals surface area (Å²) in [6, 6.07) is 10.6. The van der Waals surface area contributed by atoms with Gasteiger partial charge >= 0.3 is 0 Å². The molecule has 1 aliphatic carbocycles. The quantitative estimate of drug-likeness (QED) is 0.781. The van der Waals surface area contributed by atoms with E-state index in [1.54, 1.807) is 0 Å². The fourth-order valence-electron chi connectivity index (χ4n) is 2.37. The maximum atomic E-state index is 9.67. The van der Waals surface area contributed by atoms with Gasteiger partial charge in [-0.25, -0.2) is 0 Å². The first-order chi connectivity index (χ1) is 7.31. The molecule has 15 heavy (non-hydrogen) atoms. The molecular formula is C14H20O. The molecular weight excluding hydrogens is 184 g/mol. The molecule has 1 aromatic rings. The molecule has 1 heteroatoms. The number of hydrogen-bond donors (Lipinski definition) is 1. The van der Waals surface area contributed by atoms with Crippen LogP contribution in [0, 0.1) is 11.8 Å². The smallest absolute Gasteiger partial charge is 0.0568 e. The second-order valence-electron chi connectivity index (χ2n) is 4.66. The average Bonchev–Trinajstić information content (AvgIpc) is 3.06. The zero-order valence-corrected chi connectivity index (χ0v) is 9.39. The Balaban J connectivity index is 1.73. The van der Waals surface area contributed by atoms with E-state index in [0.29, 0.717) is 5.92 Å². The SMILES string of the molecule is CC[C@H](O)[C@@H]1C[C@@H]1CCc1ccccc1. The van der Waals surface area contributed by atoms with Crippen LogP contribution in [0.15, 0.2) is 30.3 Å². The lowest BCUT2D eigenvalue weighted by Gasteiger charge is -2.06. The van der Waals surface area contributed by atoms with E-state index in [4.69, 9.17) is 0 Å². The third-order valence-electron chi connectivity index (χ3n) is 3.54. The largest absolute Gasteiger partial charge is 0.393 e. The van der Waals surface area contributed by atoms with Gasteiger partial charge in [-0.3, -0.25) is 0 Å². The molecule has 1 N–H and O–H groups in total. The van der Waals surface area contributed by atoms with Crippen LogP contribution in [-0.4, -0.2) is 11.2 Å². The van der Waals surface area contributed by atoms with Crippen molar-refractivity contribution in [3.8, 4) is 0 Å². The van der Waals surface area contributed by atoms with Gasteiger partial charge in [-0.15, -0.1) is 0 Å². The van der Waals surface area contributed by atoms with Gasteiger partial charge in [0.15, 0.2) is 0 Å². The van der Waals surface area contributed by atoms with Crippen LogP contribution in [-0.2, 0) is 6.42 Å². The highest BCUT2D eigenvalue weighted by Crippen LogP contribution is 2.45. The predicted molar refractivity (Wildman–Crippen MR) is 62.7 cm³/mol. The Morgan fingerprint density at radius 2 is 2.07 bits per heavy atom. The van der Waals surface area contributed by atoms with E-state index in [2.05, 4.69) is 37.3 Å². The lowest BCUT2D eigenvalue weighted by atomic mass is 10.0. The van der Waals surface area contributed by atoms with Gasteiger partial charge in [-0.1, -0.05) is 37.3 Å². The van der Waals surface area contributed by atoms with Crippen LogP contribution < -0.4 is 0 Å². The zero-order chi connectivity index (χ0) is 10.7. The van der Waals surface area contributed by atoms with E-state index in [9.17, 15) is 5.11 Å². The molecule has 0 bridgehead atoms. The summed E-state index contributed by atoms with van der Waals surface area (Å²) < 4.78 is 0. The fraction of sp³-hybridized carbons (Fsp3) is 0.571. The molecule has 0 unspecified atom stereocenters. The second kappa shape index (κ2) is 4.80. The van der Waals surface area contributed by atoms with Crippen LogP contribution in [0.1, 0.15) is 31.7 Å². The molecule has 1 aliphatic rings. The van der Waals surface area contributed by atoms with Gasteiger partial charge in [-0.05, 0) is 43.1 Å². The molecule has 0 spiro atoms. The van der Waals surface area contributed by atoms with Crippen LogP contribution in [0.2, 0.25) is 0 Å². The monoisotopic (exact) mass is 204 g/mol. The summed E-state index contributed by atoms with van der Waals surface area (Å²) in [6.45, 7) is 2.07. The van der Waals surface area contributed by atoms with Gasteiger partial charge in [0, 0.05) is 0 Å². The lowest BCUT2D eigenvalue weighted by Crippen LogP contribution is -2.08. The van der Waals surface area contributed by atoms with E-state index in [0.717, 1.165) is 12.3 Å². The lowest BCUT2D eigenvalue weighted by molar-refractivity contribution is 0.140. The Morgan fingerprint density at radius 3 is 2.73 bits per heavy atom. The fourth-order valence-corrected chi connectivity index (χ4v) is 2.37. The molecule has 0 heterocycles. The van der Waals surface area contributed by atoms with Crippen LogP contribution in [0.25, 0.3) is 0 Å². The Morgan fingerprint density at radius 1 is 1.33 bits per heavy atom. The summed E-state index contributed by atoms with van der Waals surface area (Å²) in [5.74, 6) is 1.37. The Bertz CT molecular complexity index is 293. The standard InChI is InChI=1S/C14H20O/c1-2-14(15)13-10-12(13)9-8-11-6-4-3-5-7-11/h3-7,12-15H,2,8-10H2,1H3/t12-,13+,14-/m0/s1. The molecule has 0 aliphatic heterocycles. The molecule has 82 valence electrons. The minimum atomic E-state index is -0.0502. The van der Waals surface area contributed by atoms with Gasteiger partial charge in [0.2, 0.25) is 0 Å². The number of aryl methyl sites for hydroxylation is 1. The Labute approximate surface area is 92.1 Å². The summed E-state index contributed by atoms with van der Waals surface area (Å²) in [4.78, 5) is 0. The maximum Gasteiger partial charge on any atom is 0.0568 e. The van der Waals surface area contributed by atoms with Crippen molar-refractivity contribution in [1.82, 2.24) is 0 Å². The molecule has 0 saturated heterocycles. The third-order valence-corrected chi connectivity index (χ3v) is 3.54. The summed E-state index contributed by atoms with van der Waals surface area (Å²) in [6.07, 6.45) is 4.50. The third kappa shape index (κ3) is 2.82. The molecule has 0 amide bonds. The summed E-state index contributed by atoms with van der Waals surface area (Å²) in [7, 11) is 0. The summed E-state index contributed by atoms with van der Waals surface area (Å²) >= 11 is 0. The molecule has 1 saturated carbocycles. The average molecular weight is 204 g/mol. The molecule has 0 aromatic heterocycles. The van der Waals surface area contributed by atoms with Crippen molar-refractivity contribution in [1.29, 1.82) is 0 Å². The number of aliphatic hydroxyl groups is 1. The van der Waals surface area contributed by atoms with Crippen molar-refractivity contribution < 1.29 is 5.11 Å². The van der Waals surface area contributed by atoms with Gasteiger partial charge in [-0.2, -0.15) is 0 Å². The van der Waals surface area contributed by atoms with Gasteiger partial charge < -0.3 is 5.11 Å². The molecule has 1 nitrogen and oxygen atoms in total. The van der Waals surface area contributed by atoms with Gasteiger partial charge in [0.1, 0.15) is 0 Å². The van der Waals surface area contributed by atoms with Crippen LogP contribution in [0.4, 0.5) is 0 Å². The molecule has 1 aromatic carbocycles. The molecule has 0 radical (unpaired) electrons. The van der Waals surface area contributed by atoms with E-state index in [1.165, 1.54) is 24.8 Å². The van der Waals surface area contributed by atoms with Crippen molar-refractivity contribution in [2.45, 2.75) is 38.7 Å². The highest BCUT2D eigenvalue weighted by Gasteiger charge is 2.40. The molecule has 1 fully saturated rings. The normalized spacial score (nSPS) is 26.3. The Kier molecular flexibility index (Phi) is 3.42. The van der Waals surface area contributed by atoms with Crippen molar-refractivity contribution in [3.05, 3.63) is 35.9 Å². The second-order valence-corrected chi connectivity index (χ2v) is 4.66. The van der Waals surface area contributed by atoms with E-state index < -0.39 is 0 Å². The molecule has 3 atom stereocenters. The van der Waals surface area contributed by atoms with E-state index >= 15 is 0 Å². The van der Waals surface area contributed by atoms with Crippen LogP contribution in [0.5, 0.6) is 0 Å². The predicted octanol–water partition coefficient (Wildman–Crippen LogP) is 3.03. The topological polar surface area (TPSA) is 20.2 Å². The van der Waals surface area contributed by atoms with Gasteiger partial charge in [0.25, 0.3) is 0 Å². The zero-order valence-electron chi connectivity index (χ0n) is 9.39. The maximum absolute atomic E-state index is 9.67. The number of aliphatic hydroxyl groups excluding tert-OH is 1. The van der Waals surface area contributed by atoms with Crippen molar-refractivity contribution in [3.63, 3.8) is 0 Å².